The molecule has 10 heteroatoms. The number of carbonyl (C=O) groups excluding carboxylic acids is 2. The average molecular weight is 433 g/mol. The molecule has 1 heterocycles. The summed E-state index contributed by atoms with van der Waals surface area (Å²) in [4.78, 5) is 23.5. The number of hydrogen-bond acceptors (Lipinski definition) is 6. The number of anilines is 1. The second-order valence-corrected chi connectivity index (χ2v) is 8.37. The van der Waals surface area contributed by atoms with E-state index in [2.05, 4.69) is 15.4 Å². The van der Waals surface area contributed by atoms with E-state index >= 15 is 0 Å². The van der Waals surface area contributed by atoms with Gasteiger partial charge in [-0.15, -0.1) is 0 Å². The maximum Gasteiger partial charge on any atom is 0.322 e. The number of urea groups is 1. The molecule has 0 aromatic heterocycles. The van der Waals surface area contributed by atoms with Crippen molar-refractivity contribution in [1.82, 2.24) is 10.6 Å². The Morgan fingerprint density at radius 2 is 1.60 bits per heavy atom. The van der Waals surface area contributed by atoms with Crippen LogP contribution in [0, 0.1) is 0 Å². The molecule has 1 aliphatic heterocycles. The monoisotopic (exact) mass is 433 g/mol. The molecule has 3 amide bonds. The molecular weight excluding hydrogens is 410 g/mol. The van der Waals surface area contributed by atoms with Crippen molar-refractivity contribution in [3.63, 3.8) is 0 Å². The van der Waals surface area contributed by atoms with Gasteiger partial charge in [0.1, 0.15) is 5.54 Å². The van der Waals surface area contributed by atoms with E-state index in [4.69, 9.17) is 9.47 Å². The molecule has 0 bridgehead atoms. The van der Waals surface area contributed by atoms with Gasteiger partial charge in [0.15, 0.2) is 11.5 Å². The number of imide groups is 1. The van der Waals surface area contributed by atoms with Crippen molar-refractivity contribution in [2.24, 2.45) is 0 Å². The Hall–Kier alpha value is -3.27. The van der Waals surface area contributed by atoms with Gasteiger partial charge in [0.2, 0.25) is 0 Å². The van der Waals surface area contributed by atoms with Gasteiger partial charge in [-0.2, -0.15) is 0 Å². The van der Waals surface area contributed by atoms with Gasteiger partial charge in [-0.05, 0) is 50.6 Å². The van der Waals surface area contributed by atoms with Crippen LogP contribution < -0.4 is 24.8 Å². The average Bonchev–Trinajstić information content (AvgIpc) is 2.96. The molecule has 2 aromatic carbocycles. The number of carbonyl (C=O) groups is 2. The molecule has 0 aliphatic carbocycles. The molecule has 1 aliphatic rings. The fourth-order valence-electron chi connectivity index (χ4n) is 3.03. The lowest BCUT2D eigenvalue weighted by molar-refractivity contribution is -0.123. The van der Waals surface area contributed by atoms with E-state index < -0.39 is 27.5 Å². The Balaban J connectivity index is 1.83. The van der Waals surface area contributed by atoms with Gasteiger partial charge in [0, 0.05) is 11.8 Å². The Bertz CT molecular complexity index is 1070. The zero-order chi connectivity index (χ0) is 21.9. The highest BCUT2D eigenvalue weighted by Gasteiger charge is 2.43. The Kier molecular flexibility index (Phi) is 5.88. The van der Waals surface area contributed by atoms with E-state index in [9.17, 15) is 18.0 Å². The van der Waals surface area contributed by atoms with Crippen molar-refractivity contribution >= 4 is 27.6 Å². The predicted octanol–water partition coefficient (Wildman–Crippen LogP) is 2.34. The van der Waals surface area contributed by atoms with Crippen LogP contribution >= 0.6 is 0 Å². The van der Waals surface area contributed by atoms with Crippen molar-refractivity contribution in [2.45, 2.75) is 31.2 Å². The highest BCUT2D eigenvalue weighted by atomic mass is 32.2. The van der Waals surface area contributed by atoms with Crippen LogP contribution in [-0.2, 0) is 20.4 Å². The summed E-state index contributed by atoms with van der Waals surface area (Å²) in [5.74, 6) is 0.333. The zero-order valence-electron chi connectivity index (χ0n) is 16.8. The summed E-state index contributed by atoms with van der Waals surface area (Å²) >= 11 is 0. The topological polar surface area (TPSA) is 123 Å². The minimum Gasteiger partial charge on any atom is -0.490 e. The maximum atomic E-state index is 12.8. The lowest BCUT2D eigenvalue weighted by atomic mass is 9.92. The summed E-state index contributed by atoms with van der Waals surface area (Å²) in [6.45, 7) is 5.98. The number of ether oxygens (including phenoxy) is 2. The Labute approximate surface area is 174 Å². The number of nitrogens with one attached hydrogen (secondary N) is 3. The number of benzene rings is 2. The molecular formula is C20H23N3O6S. The van der Waals surface area contributed by atoms with E-state index in [1.807, 2.05) is 6.92 Å². The van der Waals surface area contributed by atoms with Gasteiger partial charge in [-0.3, -0.25) is 14.8 Å². The van der Waals surface area contributed by atoms with Crippen LogP contribution in [0.25, 0.3) is 0 Å². The first-order chi connectivity index (χ1) is 14.2. The molecule has 1 fully saturated rings. The second-order valence-electron chi connectivity index (χ2n) is 6.69. The first-order valence-corrected chi connectivity index (χ1v) is 10.8. The van der Waals surface area contributed by atoms with E-state index in [-0.39, 0.29) is 4.90 Å². The highest BCUT2D eigenvalue weighted by molar-refractivity contribution is 7.92. The minimum atomic E-state index is -3.89. The van der Waals surface area contributed by atoms with Crippen molar-refractivity contribution in [1.29, 1.82) is 0 Å². The lowest BCUT2D eigenvalue weighted by Crippen LogP contribution is -2.40. The van der Waals surface area contributed by atoms with Gasteiger partial charge in [-0.25, -0.2) is 13.2 Å². The number of amides is 3. The standard InChI is InChI=1S/C20H23N3O6S/c1-4-28-16-11-10-15(12-17(16)29-5-2)30(26,27)23-14-8-6-13(7-9-14)20(3)18(24)21-19(25)22-20/h6-12,23H,4-5H2,1-3H3,(H2,21,22,24,25)/t20-/m0/s1. The SMILES string of the molecule is CCOc1ccc(S(=O)(=O)Nc2ccc([C@]3(C)NC(=O)NC3=O)cc2)cc1OCC. The molecule has 9 nitrogen and oxygen atoms in total. The third kappa shape index (κ3) is 4.18. The molecule has 1 saturated heterocycles. The first kappa shape index (κ1) is 21.4. The van der Waals surface area contributed by atoms with Gasteiger partial charge in [-0.1, -0.05) is 12.1 Å². The quantitative estimate of drug-likeness (QED) is 0.549. The summed E-state index contributed by atoms with van der Waals surface area (Å²) < 4.78 is 39.0. The molecule has 3 rings (SSSR count). The fourth-order valence-corrected chi connectivity index (χ4v) is 4.10. The molecule has 0 saturated carbocycles. The predicted molar refractivity (Wildman–Crippen MR) is 110 cm³/mol. The highest BCUT2D eigenvalue weighted by Crippen LogP contribution is 2.31. The Morgan fingerprint density at radius 3 is 2.17 bits per heavy atom. The van der Waals surface area contributed by atoms with Gasteiger partial charge >= 0.3 is 6.03 Å². The smallest absolute Gasteiger partial charge is 0.322 e. The molecule has 0 spiro atoms. The van der Waals surface area contributed by atoms with Crippen molar-refractivity contribution < 1.29 is 27.5 Å². The van der Waals surface area contributed by atoms with Crippen molar-refractivity contribution in [2.75, 3.05) is 17.9 Å². The molecule has 160 valence electrons. The fraction of sp³-hybridized carbons (Fsp3) is 0.300. The van der Waals surface area contributed by atoms with E-state index in [1.165, 1.54) is 24.3 Å². The summed E-state index contributed by atoms with van der Waals surface area (Å²) in [5, 5.41) is 4.75. The van der Waals surface area contributed by atoms with Crippen LogP contribution in [0.2, 0.25) is 0 Å². The second kappa shape index (κ2) is 8.23. The first-order valence-electron chi connectivity index (χ1n) is 9.36. The Morgan fingerprint density at radius 1 is 0.967 bits per heavy atom. The van der Waals surface area contributed by atoms with Crippen molar-refractivity contribution in [3.8, 4) is 11.5 Å². The molecule has 30 heavy (non-hydrogen) atoms. The summed E-state index contributed by atoms with van der Waals surface area (Å²) in [7, 11) is -3.89. The summed E-state index contributed by atoms with van der Waals surface area (Å²) in [5.41, 5.74) is -0.386. The third-order valence-electron chi connectivity index (χ3n) is 4.58. The molecule has 3 N–H and O–H groups in total. The van der Waals surface area contributed by atoms with Crippen molar-refractivity contribution in [3.05, 3.63) is 48.0 Å². The molecule has 1 atom stereocenters. The van der Waals surface area contributed by atoms with Crippen LogP contribution in [-0.4, -0.2) is 33.6 Å². The van der Waals surface area contributed by atoms with Crippen LogP contribution in [0.3, 0.4) is 0 Å². The largest absolute Gasteiger partial charge is 0.490 e. The van der Waals surface area contributed by atoms with E-state index in [0.717, 1.165) is 0 Å². The summed E-state index contributed by atoms with van der Waals surface area (Å²) in [6.07, 6.45) is 0. The summed E-state index contributed by atoms with van der Waals surface area (Å²) in [6, 6.07) is 10.0. The zero-order valence-corrected chi connectivity index (χ0v) is 17.6. The van der Waals surface area contributed by atoms with E-state index in [0.29, 0.717) is 36.0 Å². The molecule has 0 unspecified atom stereocenters. The maximum absolute atomic E-state index is 12.8. The van der Waals surface area contributed by atoms with Gasteiger partial charge in [0.25, 0.3) is 15.9 Å². The minimum absolute atomic E-state index is 0.0212. The normalized spacial score (nSPS) is 18.5. The number of sulfonamides is 1. The van der Waals surface area contributed by atoms with Crippen LogP contribution in [0.5, 0.6) is 11.5 Å². The van der Waals surface area contributed by atoms with Gasteiger partial charge in [0.05, 0.1) is 18.1 Å². The van der Waals surface area contributed by atoms with Crippen LogP contribution in [0.4, 0.5) is 10.5 Å². The lowest BCUT2D eigenvalue weighted by Gasteiger charge is -2.21. The molecule has 2 aromatic rings. The van der Waals surface area contributed by atoms with Crippen LogP contribution in [0.1, 0.15) is 26.3 Å². The number of hydrogen-bond donors (Lipinski definition) is 3. The van der Waals surface area contributed by atoms with Gasteiger partial charge < -0.3 is 14.8 Å². The molecule has 0 radical (unpaired) electrons. The van der Waals surface area contributed by atoms with E-state index in [1.54, 1.807) is 32.0 Å². The number of rotatable bonds is 8. The third-order valence-corrected chi connectivity index (χ3v) is 5.96. The van der Waals surface area contributed by atoms with Crippen LogP contribution in [0.15, 0.2) is 47.4 Å².